The molecule has 0 aliphatic carbocycles. The summed E-state index contributed by atoms with van der Waals surface area (Å²) in [5, 5.41) is 12.4. The highest BCUT2D eigenvalue weighted by atomic mass is 35.5. The number of rotatable bonds is 4. The van der Waals surface area contributed by atoms with Crippen molar-refractivity contribution in [2.75, 3.05) is 32.8 Å². The van der Waals surface area contributed by atoms with Gasteiger partial charge in [0, 0.05) is 48.2 Å². The topological polar surface area (TPSA) is 56.7 Å². The summed E-state index contributed by atoms with van der Waals surface area (Å²) in [5.74, 6) is -0.0254. The van der Waals surface area contributed by atoms with Gasteiger partial charge in [-0.3, -0.25) is 9.69 Å². The van der Waals surface area contributed by atoms with Crippen LogP contribution in [0.2, 0.25) is 5.02 Å². The van der Waals surface area contributed by atoms with Gasteiger partial charge in [0.1, 0.15) is 10.7 Å². The predicted octanol–water partition coefficient (Wildman–Crippen LogP) is 2.60. The molecule has 5 nitrogen and oxygen atoms in total. The quantitative estimate of drug-likeness (QED) is 0.904. The van der Waals surface area contributed by atoms with Crippen molar-refractivity contribution in [3.8, 4) is 10.6 Å². The van der Waals surface area contributed by atoms with Crippen molar-refractivity contribution in [3.05, 3.63) is 40.4 Å². The Bertz CT molecular complexity index is 704. The Morgan fingerprint density at radius 2 is 2.12 bits per heavy atom. The number of benzene rings is 1. The lowest BCUT2D eigenvalue weighted by atomic mass is 10.1. The maximum absolute atomic E-state index is 12.8. The fraction of sp³-hybridized carbons (Fsp3) is 0.412. The maximum Gasteiger partial charge on any atom is 0.273 e. The Morgan fingerprint density at radius 1 is 1.38 bits per heavy atom. The number of amides is 1. The molecule has 1 amide bonds. The molecule has 0 saturated carbocycles. The van der Waals surface area contributed by atoms with Crippen molar-refractivity contribution in [1.82, 2.24) is 14.8 Å². The third-order valence-corrected chi connectivity index (χ3v) is 5.35. The molecule has 3 rings (SSSR count). The first kappa shape index (κ1) is 17.4. The minimum atomic E-state index is -0.0254. The van der Waals surface area contributed by atoms with Crippen LogP contribution in [0.3, 0.4) is 0 Å². The highest BCUT2D eigenvalue weighted by Gasteiger charge is 2.29. The summed E-state index contributed by atoms with van der Waals surface area (Å²) in [5.41, 5.74) is 1.46. The van der Waals surface area contributed by atoms with Crippen LogP contribution >= 0.6 is 22.9 Å². The average molecular weight is 366 g/mol. The lowest BCUT2D eigenvalue weighted by Gasteiger charge is -2.39. The fourth-order valence-corrected chi connectivity index (χ4v) is 3.85. The first-order chi connectivity index (χ1) is 11.6. The number of hydrogen-bond acceptors (Lipinski definition) is 5. The molecule has 1 unspecified atom stereocenters. The Kier molecular flexibility index (Phi) is 5.50. The largest absolute Gasteiger partial charge is 0.395 e. The van der Waals surface area contributed by atoms with E-state index in [4.69, 9.17) is 16.7 Å². The molecule has 1 atom stereocenters. The van der Waals surface area contributed by atoms with E-state index in [9.17, 15) is 4.79 Å². The number of nitrogens with zero attached hydrogens (tertiary/aromatic N) is 3. The molecule has 24 heavy (non-hydrogen) atoms. The van der Waals surface area contributed by atoms with Gasteiger partial charge in [-0.1, -0.05) is 23.7 Å². The van der Waals surface area contributed by atoms with Crippen LogP contribution in [0, 0.1) is 0 Å². The first-order valence-corrected chi connectivity index (χ1v) is 9.20. The summed E-state index contributed by atoms with van der Waals surface area (Å²) >= 11 is 7.37. The van der Waals surface area contributed by atoms with Crippen molar-refractivity contribution in [2.45, 2.75) is 13.0 Å². The van der Waals surface area contributed by atoms with E-state index >= 15 is 0 Å². The minimum absolute atomic E-state index is 0.0254. The summed E-state index contributed by atoms with van der Waals surface area (Å²) in [4.78, 5) is 21.3. The SMILES string of the molecule is CC1CN(CCO)CCN1C(=O)c1csc(-c2ccc(Cl)cc2)n1. The Labute approximate surface area is 150 Å². The number of carbonyl (C=O) groups is 1. The van der Waals surface area contributed by atoms with E-state index in [2.05, 4.69) is 9.88 Å². The second kappa shape index (κ2) is 7.61. The summed E-state index contributed by atoms with van der Waals surface area (Å²) < 4.78 is 0. The summed E-state index contributed by atoms with van der Waals surface area (Å²) in [6, 6.07) is 7.57. The molecule has 2 heterocycles. The van der Waals surface area contributed by atoms with Crippen molar-refractivity contribution in [3.63, 3.8) is 0 Å². The van der Waals surface area contributed by atoms with E-state index in [0.29, 0.717) is 23.8 Å². The van der Waals surface area contributed by atoms with Gasteiger partial charge in [-0.05, 0) is 19.1 Å². The maximum atomic E-state index is 12.8. The van der Waals surface area contributed by atoms with E-state index in [1.807, 2.05) is 41.5 Å². The summed E-state index contributed by atoms with van der Waals surface area (Å²) in [7, 11) is 0. The molecule has 1 aliphatic rings. The number of halogens is 1. The van der Waals surface area contributed by atoms with Crippen molar-refractivity contribution >= 4 is 28.8 Å². The molecule has 128 valence electrons. The van der Waals surface area contributed by atoms with Gasteiger partial charge in [-0.25, -0.2) is 4.98 Å². The normalized spacial score (nSPS) is 18.8. The van der Waals surface area contributed by atoms with E-state index in [1.165, 1.54) is 11.3 Å². The monoisotopic (exact) mass is 365 g/mol. The minimum Gasteiger partial charge on any atom is -0.395 e. The number of aromatic nitrogens is 1. The third-order valence-electron chi connectivity index (χ3n) is 4.20. The van der Waals surface area contributed by atoms with E-state index in [0.717, 1.165) is 23.7 Å². The molecule has 2 aromatic rings. The number of β-amino-alcohol motifs (C(OH)–C–C–N with tert-alkyl or cyclic N) is 1. The Balaban J connectivity index is 1.71. The zero-order valence-electron chi connectivity index (χ0n) is 13.5. The van der Waals surface area contributed by atoms with Gasteiger partial charge in [0.05, 0.1) is 6.61 Å². The molecule has 0 radical (unpaired) electrons. The van der Waals surface area contributed by atoms with Crippen LogP contribution < -0.4 is 0 Å². The zero-order chi connectivity index (χ0) is 17.1. The van der Waals surface area contributed by atoms with Gasteiger partial charge in [-0.15, -0.1) is 11.3 Å². The standard InChI is InChI=1S/C17H20ClN3O2S/c1-12-10-20(8-9-22)6-7-21(12)17(23)15-11-24-16(19-15)13-2-4-14(18)5-3-13/h2-5,11-12,22H,6-10H2,1H3. The van der Waals surface area contributed by atoms with Gasteiger partial charge >= 0.3 is 0 Å². The van der Waals surface area contributed by atoms with Gasteiger partial charge in [0.2, 0.25) is 0 Å². The number of aliphatic hydroxyl groups excluding tert-OH is 1. The Morgan fingerprint density at radius 3 is 2.79 bits per heavy atom. The van der Waals surface area contributed by atoms with Crippen LogP contribution in [0.5, 0.6) is 0 Å². The van der Waals surface area contributed by atoms with Crippen LogP contribution in [0.1, 0.15) is 17.4 Å². The first-order valence-electron chi connectivity index (χ1n) is 7.94. The fourth-order valence-electron chi connectivity index (χ4n) is 2.92. The summed E-state index contributed by atoms with van der Waals surface area (Å²) in [6.07, 6.45) is 0. The summed E-state index contributed by atoms with van der Waals surface area (Å²) in [6.45, 7) is 5.06. The van der Waals surface area contributed by atoms with E-state index in [1.54, 1.807) is 0 Å². The Hall–Kier alpha value is -1.47. The molecule has 0 bridgehead atoms. The van der Waals surface area contributed by atoms with Crippen molar-refractivity contribution in [1.29, 1.82) is 0 Å². The second-order valence-corrected chi connectivity index (χ2v) is 7.21. The third kappa shape index (κ3) is 3.78. The molecule has 7 heteroatoms. The second-order valence-electron chi connectivity index (χ2n) is 5.92. The lowest BCUT2D eigenvalue weighted by molar-refractivity contribution is 0.0453. The molecular weight excluding hydrogens is 346 g/mol. The number of thiazole rings is 1. The molecule has 1 aliphatic heterocycles. The van der Waals surface area contributed by atoms with E-state index < -0.39 is 0 Å². The van der Waals surface area contributed by atoms with E-state index in [-0.39, 0.29) is 18.6 Å². The molecule has 0 spiro atoms. The lowest BCUT2D eigenvalue weighted by Crippen LogP contribution is -2.54. The van der Waals surface area contributed by atoms with Gasteiger partial charge in [0.25, 0.3) is 5.91 Å². The van der Waals surface area contributed by atoms with Crippen LogP contribution in [0.15, 0.2) is 29.6 Å². The smallest absolute Gasteiger partial charge is 0.273 e. The van der Waals surface area contributed by atoms with Crippen LogP contribution in [-0.2, 0) is 0 Å². The van der Waals surface area contributed by atoms with Crippen molar-refractivity contribution in [2.24, 2.45) is 0 Å². The van der Waals surface area contributed by atoms with Crippen LogP contribution in [-0.4, -0.2) is 64.6 Å². The molecule has 1 aromatic heterocycles. The molecule has 1 N–H and O–H groups in total. The number of carbonyl (C=O) groups excluding carboxylic acids is 1. The van der Waals surface area contributed by atoms with Gasteiger partial charge in [-0.2, -0.15) is 0 Å². The molecule has 1 fully saturated rings. The molecule has 1 saturated heterocycles. The van der Waals surface area contributed by atoms with Gasteiger partial charge in [0.15, 0.2) is 0 Å². The highest BCUT2D eigenvalue weighted by molar-refractivity contribution is 7.13. The number of hydrogen-bond donors (Lipinski definition) is 1. The molecular formula is C17H20ClN3O2S. The number of aliphatic hydroxyl groups is 1. The van der Waals surface area contributed by atoms with Crippen LogP contribution in [0.25, 0.3) is 10.6 Å². The highest BCUT2D eigenvalue weighted by Crippen LogP contribution is 2.26. The van der Waals surface area contributed by atoms with Crippen molar-refractivity contribution < 1.29 is 9.90 Å². The zero-order valence-corrected chi connectivity index (χ0v) is 15.1. The number of piperazine rings is 1. The predicted molar refractivity (Wildman–Crippen MR) is 96.6 cm³/mol. The average Bonchev–Trinajstić information content (AvgIpc) is 3.05. The van der Waals surface area contributed by atoms with Crippen LogP contribution in [0.4, 0.5) is 0 Å². The van der Waals surface area contributed by atoms with Gasteiger partial charge < -0.3 is 10.0 Å². The molecule has 1 aromatic carbocycles.